The SMILES string of the molecule is O=S(=O)(O[C@H]1CO[C@@H]2[C@H]1OC[C@@H]2O)C(F)(F)F. The smallest absolute Gasteiger partial charge is 0.388 e. The fourth-order valence-electron chi connectivity index (χ4n) is 1.74. The highest BCUT2D eigenvalue weighted by Crippen LogP contribution is 2.33. The lowest BCUT2D eigenvalue weighted by Gasteiger charge is -2.17. The van der Waals surface area contributed by atoms with Crippen molar-refractivity contribution in [2.75, 3.05) is 13.2 Å². The Balaban J connectivity index is 2.07. The van der Waals surface area contributed by atoms with Crippen molar-refractivity contribution < 1.29 is 40.4 Å². The number of rotatable bonds is 2. The molecular weight excluding hydrogens is 269 g/mol. The Morgan fingerprint density at radius 2 is 1.76 bits per heavy atom. The molecule has 0 bridgehead atoms. The molecule has 6 nitrogen and oxygen atoms in total. The van der Waals surface area contributed by atoms with Crippen LogP contribution < -0.4 is 0 Å². The third-order valence-electron chi connectivity index (χ3n) is 2.52. The molecule has 2 heterocycles. The summed E-state index contributed by atoms with van der Waals surface area (Å²) in [5.74, 6) is 0. The molecule has 0 aromatic carbocycles. The van der Waals surface area contributed by atoms with Crippen LogP contribution in [0.15, 0.2) is 0 Å². The minimum absolute atomic E-state index is 0.124. The quantitative estimate of drug-likeness (QED) is 0.535. The van der Waals surface area contributed by atoms with Crippen LogP contribution in [0.5, 0.6) is 0 Å². The molecule has 0 aromatic heterocycles. The molecule has 2 saturated heterocycles. The molecule has 0 aliphatic carbocycles. The van der Waals surface area contributed by atoms with Crippen LogP contribution in [-0.4, -0.2) is 56.7 Å². The summed E-state index contributed by atoms with van der Waals surface area (Å²) in [4.78, 5) is 0. The Bertz CT molecular complexity index is 393. The highest BCUT2D eigenvalue weighted by atomic mass is 32.2. The summed E-state index contributed by atoms with van der Waals surface area (Å²) in [6, 6.07) is 0. The minimum atomic E-state index is -5.68. The highest BCUT2D eigenvalue weighted by Gasteiger charge is 2.54. The zero-order valence-electron chi connectivity index (χ0n) is 8.25. The van der Waals surface area contributed by atoms with Gasteiger partial charge < -0.3 is 14.6 Å². The van der Waals surface area contributed by atoms with Gasteiger partial charge in [0.05, 0.1) is 13.2 Å². The Morgan fingerprint density at radius 3 is 2.35 bits per heavy atom. The van der Waals surface area contributed by atoms with Crippen LogP contribution in [-0.2, 0) is 23.8 Å². The maximum Gasteiger partial charge on any atom is 0.523 e. The first-order valence-electron chi connectivity index (χ1n) is 4.63. The Hall–Kier alpha value is -0.420. The van der Waals surface area contributed by atoms with E-state index in [0.717, 1.165) is 0 Å². The first kappa shape index (κ1) is 13.0. The van der Waals surface area contributed by atoms with Gasteiger partial charge in [-0.3, -0.25) is 4.18 Å². The monoisotopic (exact) mass is 278 g/mol. The van der Waals surface area contributed by atoms with Crippen LogP contribution in [0.2, 0.25) is 0 Å². The lowest BCUT2D eigenvalue weighted by molar-refractivity contribution is -0.0629. The fourth-order valence-corrected chi connectivity index (χ4v) is 2.34. The number of hydrogen-bond donors (Lipinski definition) is 1. The number of ether oxygens (including phenoxy) is 2. The predicted octanol–water partition coefficient (Wildman–Crippen LogP) is -0.620. The van der Waals surface area contributed by atoms with Crippen molar-refractivity contribution in [2.45, 2.75) is 29.9 Å². The zero-order chi connectivity index (χ0) is 12.8. The molecular formula is C7H9F3O6S. The summed E-state index contributed by atoms with van der Waals surface area (Å²) in [6.07, 6.45) is -4.21. The van der Waals surface area contributed by atoms with Gasteiger partial charge in [-0.05, 0) is 0 Å². The van der Waals surface area contributed by atoms with Crippen molar-refractivity contribution in [3.63, 3.8) is 0 Å². The van der Waals surface area contributed by atoms with Gasteiger partial charge in [-0.25, -0.2) is 0 Å². The normalized spacial score (nSPS) is 38.4. The van der Waals surface area contributed by atoms with Gasteiger partial charge in [0.15, 0.2) is 0 Å². The molecule has 0 unspecified atom stereocenters. The number of aliphatic hydroxyl groups is 1. The molecule has 0 radical (unpaired) electrons. The highest BCUT2D eigenvalue weighted by molar-refractivity contribution is 7.87. The first-order valence-corrected chi connectivity index (χ1v) is 6.04. The second kappa shape index (κ2) is 4.05. The van der Waals surface area contributed by atoms with E-state index < -0.39 is 40.0 Å². The Morgan fingerprint density at radius 1 is 1.18 bits per heavy atom. The molecule has 4 atom stereocenters. The first-order chi connectivity index (χ1) is 7.72. The van der Waals surface area contributed by atoms with Gasteiger partial charge in [-0.2, -0.15) is 21.6 Å². The number of alkyl halides is 3. The van der Waals surface area contributed by atoms with E-state index in [1.54, 1.807) is 0 Å². The summed E-state index contributed by atoms with van der Waals surface area (Å²) in [6.45, 7) is -0.497. The van der Waals surface area contributed by atoms with Gasteiger partial charge in [0, 0.05) is 0 Å². The van der Waals surface area contributed by atoms with Gasteiger partial charge in [0.25, 0.3) is 0 Å². The van der Waals surface area contributed by atoms with Crippen molar-refractivity contribution >= 4 is 10.1 Å². The van der Waals surface area contributed by atoms with E-state index in [4.69, 9.17) is 9.47 Å². The minimum Gasteiger partial charge on any atom is -0.388 e. The maximum absolute atomic E-state index is 12.1. The number of fused-ring (bicyclic) bond motifs is 1. The van der Waals surface area contributed by atoms with Crippen molar-refractivity contribution in [1.82, 2.24) is 0 Å². The van der Waals surface area contributed by atoms with Crippen LogP contribution >= 0.6 is 0 Å². The summed E-state index contributed by atoms with van der Waals surface area (Å²) in [5, 5.41) is 9.30. The third kappa shape index (κ3) is 2.27. The molecule has 2 aliphatic rings. The van der Waals surface area contributed by atoms with E-state index in [-0.39, 0.29) is 13.2 Å². The zero-order valence-corrected chi connectivity index (χ0v) is 9.07. The molecule has 0 spiro atoms. The average molecular weight is 278 g/mol. The molecule has 2 aliphatic heterocycles. The fraction of sp³-hybridized carbons (Fsp3) is 1.00. The number of halogens is 3. The van der Waals surface area contributed by atoms with Crippen molar-refractivity contribution in [2.24, 2.45) is 0 Å². The molecule has 0 amide bonds. The van der Waals surface area contributed by atoms with E-state index in [9.17, 15) is 26.7 Å². The van der Waals surface area contributed by atoms with Gasteiger partial charge in [-0.1, -0.05) is 0 Å². The topological polar surface area (TPSA) is 82.1 Å². The Kier molecular flexibility index (Phi) is 3.11. The molecule has 100 valence electrons. The number of aliphatic hydroxyl groups excluding tert-OH is 1. The van der Waals surface area contributed by atoms with Crippen molar-refractivity contribution in [3.8, 4) is 0 Å². The van der Waals surface area contributed by atoms with Gasteiger partial charge in [0.2, 0.25) is 0 Å². The van der Waals surface area contributed by atoms with Crippen LogP contribution in [0, 0.1) is 0 Å². The largest absolute Gasteiger partial charge is 0.523 e. The average Bonchev–Trinajstić information content (AvgIpc) is 2.70. The second-order valence-electron chi connectivity index (χ2n) is 3.70. The predicted molar refractivity (Wildman–Crippen MR) is 45.3 cm³/mol. The third-order valence-corrected chi connectivity index (χ3v) is 3.58. The van der Waals surface area contributed by atoms with Gasteiger partial charge in [-0.15, -0.1) is 0 Å². The molecule has 0 aromatic rings. The standard InChI is InChI=1S/C7H9F3O6S/c8-7(9,10)17(12,13)16-4-2-15-5-3(11)1-14-6(4)5/h3-6,11H,1-2H2/t3-,4-,5-,6-/m0/s1. The summed E-state index contributed by atoms with van der Waals surface area (Å²) in [7, 11) is -5.68. The molecule has 0 saturated carbocycles. The lowest BCUT2D eigenvalue weighted by Crippen LogP contribution is -2.37. The lowest BCUT2D eigenvalue weighted by atomic mass is 10.1. The van der Waals surface area contributed by atoms with Gasteiger partial charge >= 0.3 is 15.6 Å². The summed E-state index contributed by atoms with van der Waals surface area (Å²) >= 11 is 0. The second-order valence-corrected chi connectivity index (χ2v) is 5.26. The molecule has 17 heavy (non-hydrogen) atoms. The summed E-state index contributed by atoms with van der Waals surface area (Å²) < 4.78 is 71.6. The Labute approximate surface area is 94.4 Å². The van der Waals surface area contributed by atoms with Crippen LogP contribution in [0.1, 0.15) is 0 Å². The van der Waals surface area contributed by atoms with Crippen molar-refractivity contribution in [1.29, 1.82) is 0 Å². The summed E-state index contributed by atoms with van der Waals surface area (Å²) in [5.41, 5.74) is -5.48. The van der Waals surface area contributed by atoms with Crippen molar-refractivity contribution in [3.05, 3.63) is 0 Å². The van der Waals surface area contributed by atoms with Gasteiger partial charge in [0.1, 0.15) is 24.4 Å². The molecule has 1 N–H and O–H groups in total. The van der Waals surface area contributed by atoms with Crippen LogP contribution in [0.25, 0.3) is 0 Å². The van der Waals surface area contributed by atoms with Crippen LogP contribution in [0.3, 0.4) is 0 Å². The molecule has 2 rings (SSSR count). The van der Waals surface area contributed by atoms with E-state index in [1.165, 1.54) is 0 Å². The van der Waals surface area contributed by atoms with E-state index in [2.05, 4.69) is 4.18 Å². The molecule has 2 fully saturated rings. The van der Waals surface area contributed by atoms with E-state index in [1.807, 2.05) is 0 Å². The van der Waals surface area contributed by atoms with E-state index >= 15 is 0 Å². The van der Waals surface area contributed by atoms with E-state index in [0.29, 0.717) is 0 Å². The van der Waals surface area contributed by atoms with Crippen LogP contribution in [0.4, 0.5) is 13.2 Å². The molecule has 10 heteroatoms. The maximum atomic E-state index is 12.1. The number of hydrogen-bond acceptors (Lipinski definition) is 6.